The van der Waals surface area contributed by atoms with Gasteiger partial charge in [-0.25, -0.2) is 0 Å². The topological polar surface area (TPSA) is 52.7 Å². The monoisotopic (exact) mass is 281 g/mol. The molecule has 0 aliphatic heterocycles. The van der Waals surface area contributed by atoms with Crippen LogP contribution in [0.5, 0.6) is 0 Å². The molecule has 2 amide bonds. The zero-order chi connectivity index (χ0) is 15.0. The lowest BCUT2D eigenvalue weighted by molar-refractivity contribution is -0.130. The highest BCUT2D eigenvalue weighted by atomic mass is 16.2. The van der Waals surface area contributed by atoms with Gasteiger partial charge >= 0.3 is 0 Å². The number of hydrogen-bond donors (Lipinski definition) is 1. The summed E-state index contributed by atoms with van der Waals surface area (Å²) in [4.78, 5) is 26.5. The van der Waals surface area contributed by atoms with E-state index in [1.165, 1.54) is 36.2 Å². The standard InChI is InChI=1S/C15H27N3O2/c1-17(2)15(20)12-18(3)11-14(19)16-10-9-13-7-5-4-6-8-13/h7H,4-6,8-12H2,1-3H3,(H,16,19). The van der Waals surface area contributed by atoms with Crippen LogP contribution in [0, 0.1) is 0 Å². The van der Waals surface area contributed by atoms with Crippen LogP contribution in [0.2, 0.25) is 0 Å². The van der Waals surface area contributed by atoms with Crippen molar-refractivity contribution in [3.8, 4) is 0 Å². The third kappa shape index (κ3) is 6.70. The third-order valence-corrected chi connectivity index (χ3v) is 3.47. The summed E-state index contributed by atoms with van der Waals surface area (Å²) in [6.07, 6.45) is 8.17. The zero-order valence-corrected chi connectivity index (χ0v) is 12.9. The van der Waals surface area contributed by atoms with Crippen LogP contribution in [0.4, 0.5) is 0 Å². The smallest absolute Gasteiger partial charge is 0.236 e. The van der Waals surface area contributed by atoms with E-state index in [9.17, 15) is 9.59 Å². The second-order valence-corrected chi connectivity index (χ2v) is 5.67. The van der Waals surface area contributed by atoms with Crippen molar-refractivity contribution in [2.45, 2.75) is 32.1 Å². The maximum Gasteiger partial charge on any atom is 0.236 e. The van der Waals surface area contributed by atoms with Gasteiger partial charge in [0.25, 0.3) is 0 Å². The van der Waals surface area contributed by atoms with E-state index < -0.39 is 0 Å². The molecular formula is C15H27N3O2. The average molecular weight is 281 g/mol. The summed E-state index contributed by atoms with van der Waals surface area (Å²) in [5.74, 6) is -0.0110. The molecule has 114 valence electrons. The maximum absolute atomic E-state index is 11.7. The third-order valence-electron chi connectivity index (χ3n) is 3.47. The fourth-order valence-corrected chi connectivity index (χ4v) is 2.22. The summed E-state index contributed by atoms with van der Waals surface area (Å²) in [5, 5.41) is 2.92. The molecule has 0 bridgehead atoms. The molecular weight excluding hydrogens is 254 g/mol. The average Bonchev–Trinajstić information content (AvgIpc) is 2.39. The molecule has 5 nitrogen and oxygen atoms in total. The van der Waals surface area contributed by atoms with Crippen LogP contribution in [0.1, 0.15) is 32.1 Å². The first-order valence-corrected chi connectivity index (χ1v) is 7.32. The van der Waals surface area contributed by atoms with Crippen molar-refractivity contribution in [2.75, 3.05) is 40.8 Å². The number of nitrogens with one attached hydrogen (secondary N) is 1. The number of rotatable bonds is 7. The fourth-order valence-electron chi connectivity index (χ4n) is 2.22. The largest absolute Gasteiger partial charge is 0.355 e. The Hall–Kier alpha value is -1.36. The number of nitrogens with zero attached hydrogens (tertiary/aromatic N) is 2. The molecule has 0 spiro atoms. The van der Waals surface area contributed by atoms with Crippen LogP contribution in [0.25, 0.3) is 0 Å². The Bertz CT molecular complexity index is 364. The van der Waals surface area contributed by atoms with E-state index >= 15 is 0 Å². The molecule has 0 aromatic rings. The molecule has 0 aromatic heterocycles. The van der Waals surface area contributed by atoms with Crippen LogP contribution < -0.4 is 5.32 Å². The van der Waals surface area contributed by atoms with E-state index in [2.05, 4.69) is 11.4 Å². The molecule has 0 heterocycles. The van der Waals surface area contributed by atoms with E-state index in [0.717, 1.165) is 6.42 Å². The minimum absolute atomic E-state index is 0.00709. The van der Waals surface area contributed by atoms with Gasteiger partial charge in [0.05, 0.1) is 13.1 Å². The highest BCUT2D eigenvalue weighted by Gasteiger charge is 2.11. The molecule has 0 saturated carbocycles. The van der Waals surface area contributed by atoms with Gasteiger partial charge in [0, 0.05) is 20.6 Å². The molecule has 1 aliphatic carbocycles. The molecule has 0 radical (unpaired) electrons. The van der Waals surface area contributed by atoms with E-state index in [0.29, 0.717) is 6.54 Å². The van der Waals surface area contributed by atoms with Gasteiger partial charge in [-0.1, -0.05) is 11.6 Å². The molecule has 1 aliphatic rings. The van der Waals surface area contributed by atoms with Crippen LogP contribution >= 0.6 is 0 Å². The molecule has 1 N–H and O–H groups in total. The molecule has 1 rings (SSSR count). The second-order valence-electron chi connectivity index (χ2n) is 5.67. The summed E-state index contributed by atoms with van der Waals surface area (Å²) >= 11 is 0. The van der Waals surface area contributed by atoms with Gasteiger partial charge in [-0.15, -0.1) is 0 Å². The minimum atomic E-state index is -0.0181. The summed E-state index contributed by atoms with van der Waals surface area (Å²) in [5.41, 5.74) is 1.47. The molecule has 0 saturated heterocycles. The Morgan fingerprint density at radius 2 is 1.95 bits per heavy atom. The van der Waals surface area contributed by atoms with Gasteiger partial charge in [-0.3, -0.25) is 14.5 Å². The van der Waals surface area contributed by atoms with E-state index in [1.807, 2.05) is 0 Å². The summed E-state index contributed by atoms with van der Waals surface area (Å²) in [6, 6.07) is 0. The van der Waals surface area contributed by atoms with Crippen molar-refractivity contribution in [3.05, 3.63) is 11.6 Å². The molecule has 0 fully saturated rings. The first-order chi connectivity index (χ1) is 9.49. The normalized spacial score (nSPS) is 14.9. The van der Waals surface area contributed by atoms with Gasteiger partial charge in [0.1, 0.15) is 0 Å². The lowest BCUT2D eigenvalue weighted by atomic mass is 9.97. The van der Waals surface area contributed by atoms with Crippen molar-refractivity contribution >= 4 is 11.8 Å². The predicted octanol–water partition coefficient (Wildman–Crippen LogP) is 1.01. The first-order valence-electron chi connectivity index (χ1n) is 7.32. The van der Waals surface area contributed by atoms with Crippen molar-refractivity contribution in [3.63, 3.8) is 0 Å². The number of allylic oxidation sites excluding steroid dienone is 1. The van der Waals surface area contributed by atoms with Gasteiger partial charge < -0.3 is 10.2 Å². The predicted molar refractivity (Wildman–Crippen MR) is 80.4 cm³/mol. The molecule has 20 heavy (non-hydrogen) atoms. The van der Waals surface area contributed by atoms with E-state index in [4.69, 9.17) is 0 Å². The number of carbonyl (C=O) groups excluding carboxylic acids is 2. The fraction of sp³-hybridized carbons (Fsp3) is 0.733. The number of carbonyl (C=O) groups is 2. The zero-order valence-electron chi connectivity index (χ0n) is 12.9. The lowest BCUT2D eigenvalue weighted by Crippen LogP contribution is -2.40. The minimum Gasteiger partial charge on any atom is -0.355 e. The van der Waals surface area contributed by atoms with Crippen LogP contribution in [0.3, 0.4) is 0 Å². The maximum atomic E-state index is 11.7. The number of amides is 2. The molecule has 0 aromatic carbocycles. The van der Waals surface area contributed by atoms with E-state index in [-0.39, 0.29) is 24.9 Å². The van der Waals surface area contributed by atoms with Crippen molar-refractivity contribution < 1.29 is 9.59 Å². The number of hydrogen-bond acceptors (Lipinski definition) is 3. The Kier molecular flexibility index (Phi) is 7.30. The SMILES string of the molecule is CN(CC(=O)NCCC1=CCCCC1)CC(=O)N(C)C. The number of likely N-dealkylation sites (N-methyl/N-ethyl adjacent to an activating group) is 2. The van der Waals surface area contributed by atoms with Gasteiger partial charge in [-0.05, 0) is 39.2 Å². The summed E-state index contributed by atoms with van der Waals surface area (Å²) in [6.45, 7) is 1.23. The van der Waals surface area contributed by atoms with Crippen LogP contribution in [0.15, 0.2) is 11.6 Å². The highest BCUT2D eigenvalue weighted by Crippen LogP contribution is 2.19. The highest BCUT2D eigenvalue weighted by molar-refractivity contribution is 5.80. The van der Waals surface area contributed by atoms with Crippen LogP contribution in [-0.4, -0.2) is 62.4 Å². The van der Waals surface area contributed by atoms with Gasteiger partial charge in [0.15, 0.2) is 0 Å². The van der Waals surface area contributed by atoms with Crippen LogP contribution in [-0.2, 0) is 9.59 Å². The van der Waals surface area contributed by atoms with Gasteiger partial charge in [0.2, 0.25) is 11.8 Å². The van der Waals surface area contributed by atoms with Gasteiger partial charge in [-0.2, -0.15) is 0 Å². The Morgan fingerprint density at radius 1 is 1.20 bits per heavy atom. The molecule has 0 atom stereocenters. The summed E-state index contributed by atoms with van der Waals surface area (Å²) in [7, 11) is 5.22. The lowest BCUT2D eigenvalue weighted by Gasteiger charge is -2.18. The van der Waals surface area contributed by atoms with Crippen molar-refractivity contribution in [1.29, 1.82) is 0 Å². The van der Waals surface area contributed by atoms with Crippen molar-refractivity contribution in [2.24, 2.45) is 0 Å². The summed E-state index contributed by atoms with van der Waals surface area (Å²) < 4.78 is 0. The molecule has 5 heteroatoms. The molecule has 0 unspecified atom stereocenters. The second kappa shape index (κ2) is 8.74. The van der Waals surface area contributed by atoms with Crippen molar-refractivity contribution in [1.82, 2.24) is 15.1 Å². The Morgan fingerprint density at radius 3 is 2.55 bits per heavy atom. The first kappa shape index (κ1) is 16.7. The Labute approximate surface area is 122 Å². The quantitative estimate of drug-likeness (QED) is 0.709. The van der Waals surface area contributed by atoms with E-state index in [1.54, 1.807) is 26.0 Å². The Balaban J connectivity index is 2.16.